The van der Waals surface area contributed by atoms with Gasteiger partial charge in [-0.15, -0.1) is 13.2 Å². The number of rotatable bonds is 8. The van der Waals surface area contributed by atoms with Crippen LogP contribution in [0.1, 0.15) is 19.3 Å². The van der Waals surface area contributed by atoms with Crippen molar-refractivity contribution in [1.29, 1.82) is 0 Å². The molecule has 0 unspecified atom stereocenters. The molecule has 0 aliphatic rings. The van der Waals surface area contributed by atoms with E-state index >= 15 is 0 Å². The first-order valence-corrected chi connectivity index (χ1v) is 6.26. The van der Waals surface area contributed by atoms with Gasteiger partial charge in [-0.2, -0.15) is 11.8 Å². The summed E-state index contributed by atoms with van der Waals surface area (Å²) in [5, 5.41) is 10.3. The summed E-state index contributed by atoms with van der Waals surface area (Å²) >= 11 is 1.78. The summed E-state index contributed by atoms with van der Waals surface area (Å²) in [4.78, 5) is 0. The van der Waals surface area contributed by atoms with E-state index in [2.05, 4.69) is 25.1 Å². The Labute approximate surface area is 91.3 Å². The first-order valence-electron chi connectivity index (χ1n) is 4.87. The predicted octanol–water partition coefficient (Wildman–Crippen LogP) is 1.23. The average Bonchev–Trinajstić information content (AvgIpc) is 2.15. The highest BCUT2D eigenvalue weighted by molar-refractivity contribution is 7.98. The molecule has 3 heteroatoms. The van der Waals surface area contributed by atoms with Gasteiger partial charge in [-0.25, -0.2) is 0 Å². The molecule has 0 aromatic heterocycles. The van der Waals surface area contributed by atoms with Crippen LogP contribution >= 0.6 is 11.8 Å². The minimum atomic E-state index is -0.751. The highest BCUT2D eigenvalue weighted by Gasteiger charge is 2.34. The summed E-state index contributed by atoms with van der Waals surface area (Å²) in [5.41, 5.74) is 3.28. The molecular weight excluding hydrogens is 194 g/mol. The molecule has 0 aliphatic heterocycles. The summed E-state index contributed by atoms with van der Waals surface area (Å²) in [6, 6.07) is 0.0472. The molecule has 0 bridgehead atoms. The Morgan fingerprint density at radius 1 is 1.43 bits per heavy atom. The van der Waals surface area contributed by atoms with Crippen molar-refractivity contribution in [3.05, 3.63) is 25.3 Å². The summed E-state index contributed by atoms with van der Waals surface area (Å²) < 4.78 is 0. The maximum Gasteiger partial charge on any atom is 0.123 e. The lowest BCUT2D eigenvalue weighted by Crippen LogP contribution is -2.71. The first kappa shape index (κ1) is 13.8. The number of thioether (sulfide) groups is 1. The highest BCUT2D eigenvalue weighted by Crippen LogP contribution is 2.21. The molecule has 4 N–H and O–H groups in total. The van der Waals surface area contributed by atoms with Crippen LogP contribution in [0.25, 0.3) is 0 Å². The molecule has 14 heavy (non-hydrogen) atoms. The quantitative estimate of drug-likeness (QED) is 0.600. The molecule has 0 aliphatic carbocycles. The van der Waals surface area contributed by atoms with Crippen molar-refractivity contribution in [1.82, 2.24) is 0 Å². The molecule has 0 rings (SSSR count). The number of aliphatic hydroxyl groups is 1. The molecule has 82 valence electrons. The van der Waals surface area contributed by atoms with E-state index in [0.717, 1.165) is 12.2 Å². The van der Waals surface area contributed by atoms with Gasteiger partial charge in [0.05, 0.1) is 0 Å². The number of quaternary nitrogens is 1. The Bertz CT molecular complexity index is 172. The van der Waals surface area contributed by atoms with E-state index in [4.69, 9.17) is 0 Å². The molecule has 0 aromatic carbocycles. The third-order valence-corrected chi connectivity index (χ3v) is 3.07. The van der Waals surface area contributed by atoms with Crippen LogP contribution in [0.2, 0.25) is 0 Å². The highest BCUT2D eigenvalue weighted by atomic mass is 32.2. The van der Waals surface area contributed by atoms with Gasteiger partial charge in [0.15, 0.2) is 0 Å². The van der Waals surface area contributed by atoms with Crippen molar-refractivity contribution < 1.29 is 10.8 Å². The smallest absolute Gasteiger partial charge is 0.123 e. The van der Waals surface area contributed by atoms with Gasteiger partial charge < -0.3 is 10.8 Å². The minimum absolute atomic E-state index is 0.0472. The van der Waals surface area contributed by atoms with Gasteiger partial charge in [-0.3, -0.25) is 0 Å². The second kappa shape index (κ2) is 7.10. The lowest BCUT2D eigenvalue weighted by atomic mass is 9.86. The van der Waals surface area contributed by atoms with Crippen LogP contribution in [-0.2, 0) is 0 Å². The maximum atomic E-state index is 10.3. The molecule has 0 fully saturated rings. The van der Waals surface area contributed by atoms with E-state index in [1.807, 2.05) is 0 Å². The number of hydrogen-bond acceptors (Lipinski definition) is 2. The monoisotopic (exact) mass is 216 g/mol. The minimum Gasteiger partial charge on any atom is -0.383 e. The van der Waals surface area contributed by atoms with Crippen molar-refractivity contribution in [3.8, 4) is 0 Å². The van der Waals surface area contributed by atoms with Gasteiger partial charge in [0.1, 0.15) is 11.6 Å². The van der Waals surface area contributed by atoms with Crippen molar-refractivity contribution in [3.63, 3.8) is 0 Å². The fraction of sp³-hybridized carbons (Fsp3) is 0.636. The van der Waals surface area contributed by atoms with Crippen LogP contribution in [0.15, 0.2) is 25.3 Å². The van der Waals surface area contributed by atoms with E-state index in [0.29, 0.717) is 12.8 Å². The molecule has 0 heterocycles. The molecule has 0 saturated carbocycles. The standard InChI is InChI=1S/C11H21NOS/c1-4-7-11(13,8-5-2)10(12)6-9-14-3/h4-5,10,13H,1-2,6-9,12H2,3H3/p+1/t10-/m1/s1. The normalized spacial score (nSPS) is 13.6. The SMILES string of the molecule is C=CCC(O)(CC=C)[C@H]([NH3+])CCSC. The van der Waals surface area contributed by atoms with Crippen molar-refractivity contribution in [2.45, 2.75) is 30.9 Å². The van der Waals surface area contributed by atoms with Gasteiger partial charge in [0.25, 0.3) is 0 Å². The second-order valence-electron chi connectivity index (χ2n) is 3.57. The second-order valence-corrected chi connectivity index (χ2v) is 4.55. The third-order valence-electron chi connectivity index (χ3n) is 2.43. The molecule has 2 nitrogen and oxygen atoms in total. The Morgan fingerprint density at radius 3 is 2.29 bits per heavy atom. The van der Waals surface area contributed by atoms with E-state index in [1.165, 1.54) is 0 Å². The molecule has 0 spiro atoms. The van der Waals surface area contributed by atoms with Crippen molar-refractivity contribution >= 4 is 11.8 Å². The molecule has 0 amide bonds. The van der Waals surface area contributed by atoms with Crippen molar-refractivity contribution in [2.75, 3.05) is 12.0 Å². The molecular formula is C11H22NOS+. The van der Waals surface area contributed by atoms with Gasteiger partial charge in [-0.1, -0.05) is 12.2 Å². The van der Waals surface area contributed by atoms with Crippen LogP contribution in [0, 0.1) is 0 Å². The Hall–Kier alpha value is -0.250. The average molecular weight is 216 g/mol. The van der Waals surface area contributed by atoms with E-state index in [1.54, 1.807) is 23.9 Å². The Morgan fingerprint density at radius 2 is 1.93 bits per heavy atom. The van der Waals surface area contributed by atoms with E-state index in [9.17, 15) is 5.11 Å². The van der Waals surface area contributed by atoms with Crippen LogP contribution < -0.4 is 5.73 Å². The van der Waals surface area contributed by atoms with Gasteiger partial charge in [0, 0.05) is 6.42 Å². The Balaban J connectivity index is 4.28. The number of hydrogen-bond donors (Lipinski definition) is 2. The van der Waals surface area contributed by atoms with Crippen LogP contribution in [0.4, 0.5) is 0 Å². The van der Waals surface area contributed by atoms with Crippen LogP contribution in [0.3, 0.4) is 0 Å². The van der Waals surface area contributed by atoms with Crippen LogP contribution in [-0.4, -0.2) is 28.8 Å². The van der Waals surface area contributed by atoms with Crippen molar-refractivity contribution in [2.24, 2.45) is 0 Å². The molecule has 0 radical (unpaired) electrons. The summed E-state index contributed by atoms with van der Waals surface area (Å²) in [6.07, 6.45) is 7.66. The topological polar surface area (TPSA) is 47.9 Å². The zero-order valence-corrected chi connectivity index (χ0v) is 9.85. The summed E-state index contributed by atoms with van der Waals surface area (Å²) in [7, 11) is 0. The fourth-order valence-electron chi connectivity index (χ4n) is 1.45. The van der Waals surface area contributed by atoms with Gasteiger partial charge in [-0.05, 0) is 24.9 Å². The summed E-state index contributed by atoms with van der Waals surface area (Å²) in [6.45, 7) is 7.33. The molecule has 0 aromatic rings. The fourth-order valence-corrected chi connectivity index (χ4v) is 1.97. The zero-order chi connectivity index (χ0) is 11.0. The maximum absolute atomic E-state index is 10.3. The van der Waals surface area contributed by atoms with Gasteiger partial charge in [0.2, 0.25) is 0 Å². The largest absolute Gasteiger partial charge is 0.383 e. The molecule has 1 atom stereocenters. The lowest BCUT2D eigenvalue weighted by Gasteiger charge is -2.29. The van der Waals surface area contributed by atoms with Crippen LogP contribution in [0.5, 0.6) is 0 Å². The zero-order valence-electron chi connectivity index (χ0n) is 9.04. The summed E-state index contributed by atoms with van der Waals surface area (Å²) in [5.74, 6) is 1.03. The van der Waals surface area contributed by atoms with E-state index in [-0.39, 0.29) is 6.04 Å². The lowest BCUT2D eigenvalue weighted by molar-refractivity contribution is -0.454. The Kier molecular flexibility index (Phi) is 6.97. The predicted molar refractivity (Wildman–Crippen MR) is 64.3 cm³/mol. The van der Waals surface area contributed by atoms with Gasteiger partial charge >= 0.3 is 0 Å². The first-order chi connectivity index (χ1) is 6.60. The molecule has 0 saturated heterocycles. The third kappa shape index (κ3) is 4.31. The van der Waals surface area contributed by atoms with E-state index < -0.39 is 5.60 Å².